The Kier molecular flexibility index (Phi) is 17.2. The zero-order valence-corrected chi connectivity index (χ0v) is 17.2. The minimum absolute atomic E-state index is 0.0803. The zero-order valence-electron chi connectivity index (χ0n) is 16.4. The van der Waals surface area contributed by atoms with Crippen LogP contribution in [0.15, 0.2) is 0 Å². The van der Waals surface area contributed by atoms with Crippen LogP contribution >= 0.6 is 0 Å². The first-order valence-corrected chi connectivity index (χ1v) is 12.1. The topological polar surface area (TPSA) is 74.6 Å². The molecular formula is C20H42O4S. The van der Waals surface area contributed by atoms with Crippen molar-refractivity contribution in [3.05, 3.63) is 0 Å². The molecule has 0 aliphatic carbocycles. The molecule has 0 fully saturated rings. The lowest BCUT2D eigenvalue weighted by atomic mass is 10.0. The van der Waals surface area contributed by atoms with Crippen molar-refractivity contribution in [3.63, 3.8) is 0 Å². The second kappa shape index (κ2) is 17.3. The molecule has 1 atom stereocenters. The van der Waals surface area contributed by atoms with Crippen molar-refractivity contribution in [1.29, 1.82) is 0 Å². The Morgan fingerprint density at radius 1 is 0.640 bits per heavy atom. The van der Waals surface area contributed by atoms with Crippen LogP contribution in [0.25, 0.3) is 0 Å². The number of hydrogen-bond acceptors (Lipinski definition) is 3. The number of unbranched alkanes of at least 4 members (excludes halogenated alkanes) is 13. The van der Waals surface area contributed by atoms with E-state index in [0.717, 1.165) is 19.3 Å². The van der Waals surface area contributed by atoms with E-state index in [1.54, 1.807) is 0 Å². The van der Waals surface area contributed by atoms with Crippen molar-refractivity contribution in [2.75, 3.05) is 6.61 Å². The molecule has 0 aromatic heterocycles. The normalized spacial score (nSPS) is 13.2. The summed E-state index contributed by atoms with van der Waals surface area (Å²) in [5, 5.41) is 8.12. The molecule has 5 heteroatoms. The average Bonchev–Trinajstić information content (AvgIpc) is 2.56. The van der Waals surface area contributed by atoms with Crippen LogP contribution < -0.4 is 0 Å². The third-order valence-electron chi connectivity index (χ3n) is 4.99. The molecule has 2 N–H and O–H groups in total. The average molecular weight is 379 g/mol. The monoisotopic (exact) mass is 378 g/mol. The molecule has 0 aromatic rings. The maximum atomic E-state index is 11.4. The first kappa shape index (κ1) is 24.9. The molecule has 4 nitrogen and oxygen atoms in total. The van der Waals surface area contributed by atoms with Crippen LogP contribution in [0.5, 0.6) is 0 Å². The molecule has 0 spiro atoms. The van der Waals surface area contributed by atoms with Gasteiger partial charge in [0.25, 0.3) is 10.1 Å². The van der Waals surface area contributed by atoms with E-state index in [-0.39, 0.29) is 6.61 Å². The predicted octanol–water partition coefficient (Wildman–Crippen LogP) is 5.89. The lowest BCUT2D eigenvalue weighted by Gasteiger charge is -2.13. The Balaban J connectivity index is 3.48. The van der Waals surface area contributed by atoms with Crippen molar-refractivity contribution >= 4 is 10.1 Å². The number of rotatable bonds is 19. The van der Waals surface area contributed by atoms with Crippen LogP contribution in [0, 0.1) is 0 Å². The van der Waals surface area contributed by atoms with E-state index in [4.69, 9.17) is 5.11 Å². The fourth-order valence-corrected chi connectivity index (χ4v) is 4.24. The van der Waals surface area contributed by atoms with Gasteiger partial charge in [-0.05, 0) is 25.7 Å². The highest BCUT2D eigenvalue weighted by atomic mass is 32.2. The quantitative estimate of drug-likeness (QED) is 0.217. The Bertz CT molecular complexity index is 368. The van der Waals surface area contributed by atoms with Gasteiger partial charge >= 0.3 is 0 Å². The number of aliphatic hydroxyl groups excluding tert-OH is 1. The van der Waals surface area contributed by atoms with Gasteiger partial charge < -0.3 is 5.11 Å². The highest BCUT2D eigenvalue weighted by Gasteiger charge is 2.21. The van der Waals surface area contributed by atoms with Crippen molar-refractivity contribution < 1.29 is 18.1 Å². The summed E-state index contributed by atoms with van der Waals surface area (Å²) in [4.78, 5) is 0. The van der Waals surface area contributed by atoms with E-state index < -0.39 is 15.4 Å². The Morgan fingerprint density at radius 3 is 1.36 bits per heavy atom. The summed E-state index contributed by atoms with van der Waals surface area (Å²) in [6, 6.07) is 0. The summed E-state index contributed by atoms with van der Waals surface area (Å²) in [5.41, 5.74) is 0. The van der Waals surface area contributed by atoms with Crippen LogP contribution in [0.3, 0.4) is 0 Å². The molecule has 152 valence electrons. The zero-order chi connectivity index (χ0) is 18.8. The Morgan fingerprint density at radius 2 is 1.00 bits per heavy atom. The summed E-state index contributed by atoms with van der Waals surface area (Å²) in [5.74, 6) is 0. The third kappa shape index (κ3) is 17.1. The van der Waals surface area contributed by atoms with E-state index in [0.29, 0.717) is 25.7 Å². The van der Waals surface area contributed by atoms with Crippen molar-refractivity contribution in [2.24, 2.45) is 0 Å². The largest absolute Gasteiger partial charge is 0.396 e. The van der Waals surface area contributed by atoms with Gasteiger partial charge in [-0.25, -0.2) is 0 Å². The lowest BCUT2D eigenvalue weighted by molar-refractivity contribution is 0.281. The molecule has 0 bridgehead atoms. The minimum Gasteiger partial charge on any atom is -0.396 e. The third-order valence-corrected chi connectivity index (χ3v) is 6.30. The van der Waals surface area contributed by atoms with Gasteiger partial charge in [0.05, 0.1) is 5.25 Å². The molecule has 0 heterocycles. The maximum absolute atomic E-state index is 11.4. The van der Waals surface area contributed by atoms with Gasteiger partial charge in [-0.1, -0.05) is 90.4 Å². The Hall–Kier alpha value is -0.130. The summed E-state index contributed by atoms with van der Waals surface area (Å²) >= 11 is 0. The van der Waals surface area contributed by atoms with E-state index in [2.05, 4.69) is 6.92 Å². The van der Waals surface area contributed by atoms with Crippen molar-refractivity contribution in [1.82, 2.24) is 0 Å². The van der Waals surface area contributed by atoms with Gasteiger partial charge in [0.1, 0.15) is 0 Å². The molecule has 0 rings (SSSR count). The summed E-state index contributed by atoms with van der Waals surface area (Å²) in [6.45, 7) is 2.33. The van der Waals surface area contributed by atoms with Gasteiger partial charge in [-0.2, -0.15) is 8.42 Å². The Labute approximate surface area is 156 Å². The molecule has 0 saturated carbocycles. The van der Waals surface area contributed by atoms with E-state index in [1.165, 1.54) is 64.2 Å². The SMILES string of the molecule is CCCCCCCCCCCCCCCC(CCCCO)S(=O)(=O)O. The van der Waals surface area contributed by atoms with E-state index in [1.807, 2.05) is 0 Å². The molecule has 0 aliphatic heterocycles. The number of hydrogen-bond donors (Lipinski definition) is 2. The van der Waals surface area contributed by atoms with Crippen LogP contribution in [0.2, 0.25) is 0 Å². The first-order chi connectivity index (χ1) is 12.0. The highest BCUT2D eigenvalue weighted by molar-refractivity contribution is 7.86. The number of aliphatic hydroxyl groups is 1. The summed E-state index contributed by atoms with van der Waals surface area (Å²) in [7, 11) is -3.94. The highest BCUT2D eigenvalue weighted by Crippen LogP contribution is 2.18. The molecule has 0 radical (unpaired) electrons. The molecule has 0 amide bonds. The fraction of sp³-hybridized carbons (Fsp3) is 1.00. The van der Waals surface area contributed by atoms with Gasteiger partial charge in [0.2, 0.25) is 0 Å². The van der Waals surface area contributed by atoms with Gasteiger partial charge in [0, 0.05) is 6.61 Å². The van der Waals surface area contributed by atoms with Crippen LogP contribution in [-0.4, -0.2) is 29.9 Å². The van der Waals surface area contributed by atoms with Crippen LogP contribution in [0.4, 0.5) is 0 Å². The van der Waals surface area contributed by atoms with Crippen molar-refractivity contribution in [2.45, 2.75) is 121 Å². The first-order valence-electron chi connectivity index (χ1n) is 10.6. The van der Waals surface area contributed by atoms with E-state index in [9.17, 15) is 13.0 Å². The second-order valence-electron chi connectivity index (χ2n) is 7.39. The standard InChI is InChI=1S/C20H42O4S/c1-2-3-4-5-6-7-8-9-10-11-12-13-14-17-20(25(22,23)24)18-15-16-19-21/h20-21H,2-19H2,1H3,(H,22,23,24). The molecule has 0 aromatic carbocycles. The van der Waals surface area contributed by atoms with Gasteiger partial charge in [-0.3, -0.25) is 4.55 Å². The van der Waals surface area contributed by atoms with E-state index >= 15 is 0 Å². The minimum atomic E-state index is -3.94. The molecule has 0 aliphatic rings. The van der Waals surface area contributed by atoms with Crippen LogP contribution in [-0.2, 0) is 10.1 Å². The smallest absolute Gasteiger partial charge is 0.267 e. The fourth-order valence-electron chi connectivity index (χ4n) is 3.32. The molecule has 25 heavy (non-hydrogen) atoms. The maximum Gasteiger partial charge on any atom is 0.267 e. The molecule has 0 saturated heterocycles. The summed E-state index contributed by atoms with van der Waals surface area (Å²) < 4.78 is 32.0. The molecular weight excluding hydrogens is 336 g/mol. The van der Waals surface area contributed by atoms with Crippen LogP contribution in [0.1, 0.15) is 116 Å². The second-order valence-corrected chi connectivity index (χ2v) is 9.08. The summed E-state index contributed by atoms with van der Waals surface area (Å²) in [6.07, 6.45) is 18.7. The van der Waals surface area contributed by atoms with Gasteiger partial charge in [-0.15, -0.1) is 0 Å². The van der Waals surface area contributed by atoms with Crippen molar-refractivity contribution in [3.8, 4) is 0 Å². The predicted molar refractivity (Wildman–Crippen MR) is 107 cm³/mol. The molecule has 1 unspecified atom stereocenters. The lowest BCUT2D eigenvalue weighted by Crippen LogP contribution is -2.20. The van der Waals surface area contributed by atoms with Gasteiger partial charge in [0.15, 0.2) is 0 Å².